The van der Waals surface area contributed by atoms with Crippen LogP contribution in [0.3, 0.4) is 0 Å². The first-order valence-corrected chi connectivity index (χ1v) is 9.26. The molecule has 3 N–H and O–H groups in total. The lowest BCUT2D eigenvalue weighted by atomic mass is 10.0. The van der Waals surface area contributed by atoms with Gasteiger partial charge in [0, 0.05) is 17.8 Å². The Kier molecular flexibility index (Phi) is 4.29. The number of thiophene rings is 1. The van der Waals surface area contributed by atoms with E-state index in [2.05, 4.69) is 0 Å². The standard InChI is InChI=1S/C20H20N2O2S/c21-19(23)15-7-8-16-12-22(9-3-5-13(16)10-15)20(24)18-11-14-4-1-2-6-17(14)25-18/h1-2,4,6-8,10-11,19,23H,3,5,9,12,21H2. The van der Waals surface area contributed by atoms with Crippen LogP contribution in [0.2, 0.25) is 0 Å². The van der Waals surface area contributed by atoms with E-state index >= 15 is 0 Å². The number of rotatable bonds is 2. The number of hydrogen-bond donors (Lipinski definition) is 2. The third-order valence-corrected chi connectivity index (χ3v) is 5.83. The fourth-order valence-corrected chi connectivity index (χ4v) is 4.41. The van der Waals surface area contributed by atoms with Crippen LogP contribution in [0, 0.1) is 0 Å². The Morgan fingerprint density at radius 1 is 1.16 bits per heavy atom. The number of carbonyl (C=O) groups excluding carboxylic acids is 1. The van der Waals surface area contributed by atoms with Gasteiger partial charge in [0.05, 0.1) is 4.88 Å². The van der Waals surface area contributed by atoms with Gasteiger partial charge in [0.25, 0.3) is 5.91 Å². The number of fused-ring (bicyclic) bond motifs is 2. The van der Waals surface area contributed by atoms with Gasteiger partial charge in [-0.2, -0.15) is 0 Å². The molecule has 1 aromatic heterocycles. The van der Waals surface area contributed by atoms with Gasteiger partial charge in [-0.25, -0.2) is 0 Å². The van der Waals surface area contributed by atoms with Crippen molar-refractivity contribution in [2.75, 3.05) is 6.54 Å². The molecular weight excluding hydrogens is 332 g/mol. The van der Waals surface area contributed by atoms with Crippen LogP contribution < -0.4 is 5.73 Å². The molecule has 2 aromatic carbocycles. The highest BCUT2D eigenvalue weighted by atomic mass is 32.1. The van der Waals surface area contributed by atoms with Crippen LogP contribution in [0.1, 0.15) is 39.0 Å². The molecule has 1 atom stereocenters. The summed E-state index contributed by atoms with van der Waals surface area (Å²) in [6.45, 7) is 1.34. The van der Waals surface area contributed by atoms with E-state index in [1.54, 1.807) is 11.3 Å². The summed E-state index contributed by atoms with van der Waals surface area (Å²) in [5.41, 5.74) is 8.60. The van der Waals surface area contributed by atoms with E-state index in [0.717, 1.165) is 45.5 Å². The zero-order chi connectivity index (χ0) is 17.4. The molecule has 0 bridgehead atoms. The third kappa shape index (κ3) is 3.18. The topological polar surface area (TPSA) is 66.6 Å². The fourth-order valence-electron chi connectivity index (χ4n) is 3.38. The van der Waals surface area contributed by atoms with Crippen LogP contribution in [0.25, 0.3) is 10.1 Å². The Morgan fingerprint density at radius 3 is 2.80 bits per heavy atom. The smallest absolute Gasteiger partial charge is 0.264 e. The number of aliphatic hydroxyl groups is 1. The second-order valence-corrected chi connectivity index (χ2v) is 7.54. The summed E-state index contributed by atoms with van der Waals surface area (Å²) in [6, 6.07) is 15.9. The van der Waals surface area contributed by atoms with Crippen molar-refractivity contribution in [2.24, 2.45) is 5.73 Å². The van der Waals surface area contributed by atoms with E-state index in [1.165, 1.54) is 5.56 Å². The zero-order valence-electron chi connectivity index (χ0n) is 13.8. The van der Waals surface area contributed by atoms with Crippen molar-refractivity contribution in [3.63, 3.8) is 0 Å². The Balaban J connectivity index is 1.61. The van der Waals surface area contributed by atoms with Gasteiger partial charge in [0.15, 0.2) is 0 Å². The lowest BCUT2D eigenvalue weighted by molar-refractivity contribution is 0.0751. The van der Waals surface area contributed by atoms with Crippen molar-refractivity contribution < 1.29 is 9.90 Å². The molecule has 0 aliphatic carbocycles. The van der Waals surface area contributed by atoms with Gasteiger partial charge in [-0.3, -0.25) is 4.79 Å². The minimum absolute atomic E-state index is 0.0944. The maximum Gasteiger partial charge on any atom is 0.264 e. The summed E-state index contributed by atoms with van der Waals surface area (Å²) in [4.78, 5) is 15.7. The molecule has 1 aliphatic rings. The molecule has 0 saturated carbocycles. The van der Waals surface area contributed by atoms with Gasteiger partial charge in [-0.15, -0.1) is 11.3 Å². The summed E-state index contributed by atoms with van der Waals surface area (Å²) in [5.74, 6) is 0.0944. The molecule has 25 heavy (non-hydrogen) atoms. The van der Waals surface area contributed by atoms with E-state index < -0.39 is 6.23 Å². The van der Waals surface area contributed by atoms with E-state index in [1.807, 2.05) is 53.4 Å². The lowest BCUT2D eigenvalue weighted by Crippen LogP contribution is -2.30. The van der Waals surface area contributed by atoms with Gasteiger partial charge in [-0.05, 0) is 47.1 Å². The Morgan fingerprint density at radius 2 is 2.00 bits per heavy atom. The highest BCUT2D eigenvalue weighted by molar-refractivity contribution is 7.20. The second-order valence-electron chi connectivity index (χ2n) is 6.45. The minimum Gasteiger partial charge on any atom is -0.375 e. The molecule has 4 nitrogen and oxygen atoms in total. The number of hydrogen-bond acceptors (Lipinski definition) is 4. The van der Waals surface area contributed by atoms with Crippen molar-refractivity contribution in [1.29, 1.82) is 0 Å². The number of aliphatic hydroxyl groups excluding tert-OH is 1. The molecule has 1 amide bonds. The van der Waals surface area contributed by atoms with Crippen LogP contribution >= 0.6 is 11.3 Å². The maximum absolute atomic E-state index is 13.0. The van der Waals surface area contributed by atoms with Crippen LogP contribution in [-0.4, -0.2) is 22.5 Å². The average Bonchev–Trinajstić information content (AvgIpc) is 2.93. The minimum atomic E-state index is -0.954. The monoisotopic (exact) mass is 352 g/mol. The summed E-state index contributed by atoms with van der Waals surface area (Å²) in [6.07, 6.45) is 0.852. The molecule has 128 valence electrons. The van der Waals surface area contributed by atoms with Gasteiger partial charge in [0.1, 0.15) is 6.23 Å². The molecule has 0 spiro atoms. The van der Waals surface area contributed by atoms with E-state index in [4.69, 9.17) is 5.73 Å². The van der Waals surface area contributed by atoms with Crippen molar-refractivity contribution in [3.05, 3.63) is 70.1 Å². The number of aryl methyl sites for hydroxylation is 1. The van der Waals surface area contributed by atoms with Gasteiger partial charge in [0.2, 0.25) is 0 Å². The van der Waals surface area contributed by atoms with Crippen molar-refractivity contribution in [2.45, 2.75) is 25.6 Å². The molecule has 5 heteroatoms. The van der Waals surface area contributed by atoms with Crippen molar-refractivity contribution in [3.8, 4) is 0 Å². The zero-order valence-corrected chi connectivity index (χ0v) is 14.6. The number of benzene rings is 2. The van der Waals surface area contributed by atoms with Crippen LogP contribution in [0.4, 0.5) is 0 Å². The highest BCUT2D eigenvalue weighted by Crippen LogP contribution is 2.28. The molecule has 0 saturated heterocycles. The van der Waals surface area contributed by atoms with Crippen molar-refractivity contribution in [1.82, 2.24) is 4.90 Å². The molecule has 3 aromatic rings. The second kappa shape index (κ2) is 6.59. The first-order valence-electron chi connectivity index (χ1n) is 8.45. The van der Waals surface area contributed by atoms with Crippen LogP contribution in [0.5, 0.6) is 0 Å². The van der Waals surface area contributed by atoms with Crippen LogP contribution in [-0.2, 0) is 13.0 Å². The predicted molar refractivity (Wildman–Crippen MR) is 100 cm³/mol. The van der Waals surface area contributed by atoms with Gasteiger partial charge >= 0.3 is 0 Å². The lowest BCUT2D eigenvalue weighted by Gasteiger charge is -2.20. The van der Waals surface area contributed by atoms with E-state index in [9.17, 15) is 9.90 Å². The quantitative estimate of drug-likeness (QED) is 0.694. The highest BCUT2D eigenvalue weighted by Gasteiger charge is 2.22. The van der Waals surface area contributed by atoms with Crippen LogP contribution in [0.15, 0.2) is 48.5 Å². The number of nitrogens with two attached hydrogens (primary N) is 1. The molecule has 0 fully saturated rings. The molecule has 1 unspecified atom stereocenters. The SMILES string of the molecule is NC(O)c1ccc2c(c1)CCCN(C(=O)c1cc3ccccc3s1)C2. The van der Waals surface area contributed by atoms with E-state index in [0.29, 0.717) is 6.54 Å². The molecule has 1 aliphatic heterocycles. The first kappa shape index (κ1) is 16.3. The van der Waals surface area contributed by atoms with Crippen molar-refractivity contribution >= 4 is 27.3 Å². The molecule has 0 radical (unpaired) electrons. The number of amides is 1. The summed E-state index contributed by atoms with van der Waals surface area (Å²) in [7, 11) is 0. The Labute approximate surface area is 150 Å². The fraction of sp³-hybridized carbons (Fsp3) is 0.250. The maximum atomic E-state index is 13.0. The molecular formula is C20H20N2O2S. The molecule has 4 rings (SSSR count). The normalized spacial score (nSPS) is 15.7. The number of nitrogens with zero attached hydrogens (tertiary/aromatic N) is 1. The Hall–Kier alpha value is -2.21. The largest absolute Gasteiger partial charge is 0.375 e. The average molecular weight is 352 g/mol. The third-order valence-electron chi connectivity index (χ3n) is 4.73. The van der Waals surface area contributed by atoms with Gasteiger partial charge < -0.3 is 15.7 Å². The van der Waals surface area contributed by atoms with E-state index in [-0.39, 0.29) is 5.91 Å². The first-order chi connectivity index (χ1) is 12.1. The molecule has 2 heterocycles. The summed E-state index contributed by atoms with van der Waals surface area (Å²) in [5, 5.41) is 10.7. The summed E-state index contributed by atoms with van der Waals surface area (Å²) < 4.78 is 1.14. The van der Waals surface area contributed by atoms with Gasteiger partial charge in [-0.1, -0.05) is 36.4 Å². The number of carbonyl (C=O) groups is 1. The Bertz CT molecular complexity index is 899. The summed E-state index contributed by atoms with van der Waals surface area (Å²) >= 11 is 1.55. The predicted octanol–water partition coefficient (Wildman–Crippen LogP) is 3.44.